The first-order valence-electron chi connectivity index (χ1n) is 18.3. The summed E-state index contributed by atoms with van der Waals surface area (Å²) in [5.74, 6) is -2.28. The third-order valence-electron chi connectivity index (χ3n) is 10.6. The Labute approximate surface area is 310 Å². The van der Waals surface area contributed by atoms with Gasteiger partial charge in [0, 0.05) is 35.4 Å². The number of aryl methyl sites for hydroxylation is 1. The molecule has 5 atom stereocenters. The van der Waals surface area contributed by atoms with Crippen LogP contribution in [0, 0.1) is 12.8 Å². The number of amides is 4. The van der Waals surface area contributed by atoms with Gasteiger partial charge in [-0.1, -0.05) is 48.3 Å². The minimum absolute atomic E-state index is 0.0187. The molecule has 4 aliphatic rings. The van der Waals surface area contributed by atoms with Crippen LogP contribution in [0.4, 0.5) is 0 Å². The Kier molecular flexibility index (Phi) is 9.27. The molecule has 0 radical (unpaired) electrons. The summed E-state index contributed by atoms with van der Waals surface area (Å²) in [5.41, 5.74) is -1.09. The number of rotatable bonds is 7. The van der Waals surface area contributed by atoms with Crippen LogP contribution in [0.25, 0.3) is 21.8 Å². The van der Waals surface area contributed by atoms with Crippen molar-refractivity contribution in [1.29, 1.82) is 0 Å². The number of nitrogens with zero attached hydrogens (tertiary/aromatic N) is 5. The first-order valence-corrected chi connectivity index (χ1v) is 19.8. The lowest BCUT2D eigenvalue weighted by Crippen LogP contribution is -2.58. The minimum Gasteiger partial charge on any atom is -0.472 e. The number of sulfonamides is 1. The molecule has 0 spiro atoms. The number of hydrogen-bond acceptors (Lipinski definition) is 12. The van der Waals surface area contributed by atoms with Crippen LogP contribution >= 0.6 is 0 Å². The number of aromatic nitrogens is 4. The molecule has 2 aliphatic carbocycles. The zero-order valence-electron chi connectivity index (χ0n) is 29.6. The summed E-state index contributed by atoms with van der Waals surface area (Å²) in [6.07, 6.45) is 10.4. The number of hydrogen-bond donors (Lipinski definition) is 3. The molecule has 8 rings (SSSR count). The van der Waals surface area contributed by atoms with Crippen LogP contribution in [0.2, 0.25) is 0 Å². The summed E-state index contributed by atoms with van der Waals surface area (Å²) >= 11 is 0. The lowest BCUT2D eigenvalue weighted by atomic mass is 10.0. The third kappa shape index (κ3) is 6.99. The highest BCUT2D eigenvalue weighted by molar-refractivity contribution is 7.91. The fourth-order valence-corrected chi connectivity index (χ4v) is 8.83. The number of carbonyl (C=O) groups excluding carboxylic acids is 4. The fourth-order valence-electron chi connectivity index (χ4n) is 7.46. The van der Waals surface area contributed by atoms with Crippen molar-refractivity contribution < 1.29 is 36.9 Å². The maximum Gasteiger partial charge on any atom is 0.274 e. The van der Waals surface area contributed by atoms with E-state index in [0.717, 1.165) is 23.6 Å². The zero-order chi connectivity index (χ0) is 37.6. The highest BCUT2D eigenvalue weighted by Crippen LogP contribution is 2.46. The second kappa shape index (κ2) is 14.1. The molecule has 3 N–H and O–H groups in total. The summed E-state index contributed by atoms with van der Waals surface area (Å²) in [6.45, 7) is 1.61. The number of nitrogens with one attached hydrogen (secondary N) is 3. The van der Waals surface area contributed by atoms with Crippen LogP contribution < -0.4 is 20.1 Å². The van der Waals surface area contributed by atoms with Crippen molar-refractivity contribution in [2.24, 2.45) is 5.92 Å². The number of allylic oxidation sites excluding steroid dienone is 1. The van der Waals surface area contributed by atoms with E-state index < -0.39 is 68.5 Å². The molecule has 2 saturated carbocycles. The topological polar surface area (TPSA) is 216 Å². The fraction of sp³-hybridized carbons (Fsp3) is 0.459. The SMILES string of the molecule is Cc1cc(C(=O)N[C@H]2CCCCC/C=C\[C@@H]3C[C@@]3(C(=O)NS(=O)(=O)C3CC3)NC(=O)[C@@H]3C[C@@H](Oc4nc5ncncc5c5ccccc45)CN3C2=O)no1. The average molecular weight is 757 g/mol. The van der Waals surface area contributed by atoms with E-state index in [2.05, 4.69) is 35.5 Å². The van der Waals surface area contributed by atoms with Crippen LogP contribution in [-0.2, 0) is 24.4 Å². The van der Waals surface area contributed by atoms with E-state index in [1.54, 1.807) is 13.1 Å². The van der Waals surface area contributed by atoms with Gasteiger partial charge in [0.1, 0.15) is 35.8 Å². The smallest absolute Gasteiger partial charge is 0.274 e. The largest absolute Gasteiger partial charge is 0.472 e. The zero-order valence-corrected chi connectivity index (χ0v) is 30.4. The number of pyridine rings is 1. The highest BCUT2D eigenvalue weighted by atomic mass is 32.2. The summed E-state index contributed by atoms with van der Waals surface area (Å²) in [5, 5.41) is 11.1. The number of carbonyl (C=O) groups is 4. The Bertz CT molecular complexity index is 2290. The van der Waals surface area contributed by atoms with Crippen molar-refractivity contribution in [3.63, 3.8) is 0 Å². The van der Waals surface area contributed by atoms with Gasteiger partial charge < -0.3 is 24.8 Å². The van der Waals surface area contributed by atoms with Gasteiger partial charge in [0.25, 0.3) is 11.8 Å². The third-order valence-corrected chi connectivity index (χ3v) is 12.5. The molecule has 1 saturated heterocycles. The molecule has 5 heterocycles. The molecule has 0 unspecified atom stereocenters. The van der Waals surface area contributed by atoms with Crippen molar-refractivity contribution in [1.82, 2.24) is 40.4 Å². The lowest BCUT2D eigenvalue weighted by Gasteiger charge is -2.29. The van der Waals surface area contributed by atoms with Gasteiger partial charge in [0.15, 0.2) is 11.3 Å². The normalized spacial score (nSPS) is 26.9. The Morgan fingerprint density at radius 2 is 1.89 bits per heavy atom. The highest BCUT2D eigenvalue weighted by Gasteiger charge is 2.62. The van der Waals surface area contributed by atoms with Crippen molar-refractivity contribution in [3.05, 3.63) is 66.5 Å². The second-order valence-electron chi connectivity index (χ2n) is 14.6. The molecule has 282 valence electrons. The quantitative estimate of drug-likeness (QED) is 0.183. The van der Waals surface area contributed by atoms with Gasteiger partial charge in [-0.25, -0.2) is 18.4 Å². The Balaban J connectivity index is 1.12. The number of benzene rings is 1. The van der Waals surface area contributed by atoms with Gasteiger partial charge in [0.2, 0.25) is 27.7 Å². The molecule has 3 aromatic heterocycles. The lowest BCUT2D eigenvalue weighted by molar-refractivity contribution is -0.141. The molecular weight excluding hydrogens is 717 g/mol. The molecule has 0 bridgehead atoms. The van der Waals surface area contributed by atoms with Crippen molar-refractivity contribution in [2.75, 3.05) is 6.54 Å². The maximum atomic E-state index is 14.6. The Morgan fingerprint density at radius 1 is 1.07 bits per heavy atom. The molecule has 3 fully saturated rings. The molecule has 2 aliphatic heterocycles. The van der Waals surface area contributed by atoms with Crippen molar-refractivity contribution in [2.45, 2.75) is 93.7 Å². The summed E-state index contributed by atoms with van der Waals surface area (Å²) in [7, 11) is -3.90. The standard InChI is InChI=1S/C37H40N8O8S/c1-21-15-29(43-53-21)32(46)40-28-12-6-4-2-3-5-9-22-17-37(22,36(49)44-54(50,51)24-13-14-24)42-33(47)30-16-23(19-45(30)35(28)48)52-34-26-11-8-7-10-25(26)27-18-38-20-39-31(27)41-34/h5,7-11,15,18,20,22-24,28,30H,2-4,6,12-14,16-17,19H2,1H3,(H,40,46)(H,42,47)(H,44,49)/b9-5-/t22-,23-,28+,30+,37-/m1/s1. The molecule has 16 nitrogen and oxygen atoms in total. The van der Waals surface area contributed by atoms with Crippen molar-refractivity contribution in [3.8, 4) is 5.88 Å². The van der Waals surface area contributed by atoms with Crippen molar-refractivity contribution >= 4 is 55.5 Å². The molecule has 4 amide bonds. The first kappa shape index (κ1) is 35.6. The van der Waals surface area contributed by atoms with E-state index in [-0.39, 0.29) is 31.0 Å². The second-order valence-corrected chi connectivity index (χ2v) is 16.5. The first-order chi connectivity index (χ1) is 26.0. The molecule has 4 aromatic rings. The Morgan fingerprint density at radius 3 is 2.67 bits per heavy atom. The van der Waals surface area contributed by atoms with E-state index in [9.17, 15) is 27.6 Å². The average Bonchev–Trinajstić information content (AvgIpc) is 4.05. The maximum absolute atomic E-state index is 14.6. The van der Waals surface area contributed by atoms with Crippen LogP contribution in [0.15, 0.2) is 59.5 Å². The van der Waals surface area contributed by atoms with Gasteiger partial charge in [-0.15, -0.1) is 0 Å². The van der Waals surface area contributed by atoms with Crippen LogP contribution in [-0.4, -0.2) is 92.6 Å². The van der Waals surface area contributed by atoms with Crippen LogP contribution in [0.3, 0.4) is 0 Å². The Hall–Kier alpha value is -5.45. The predicted octanol–water partition coefficient (Wildman–Crippen LogP) is 2.62. The molecule has 1 aromatic carbocycles. The number of fused-ring (bicyclic) bond motifs is 5. The summed E-state index contributed by atoms with van der Waals surface area (Å²) in [4.78, 5) is 70.5. The van der Waals surface area contributed by atoms with Gasteiger partial charge in [-0.3, -0.25) is 23.9 Å². The van der Waals surface area contributed by atoms with E-state index in [4.69, 9.17) is 9.26 Å². The summed E-state index contributed by atoms with van der Waals surface area (Å²) < 4.78 is 39.5. The van der Waals surface area contributed by atoms with Gasteiger partial charge >= 0.3 is 0 Å². The molecule has 54 heavy (non-hydrogen) atoms. The van der Waals surface area contributed by atoms with Gasteiger partial charge in [0.05, 0.1) is 11.8 Å². The van der Waals surface area contributed by atoms with Gasteiger partial charge in [-0.05, 0) is 56.9 Å². The number of ether oxygens (including phenoxy) is 1. The van der Waals surface area contributed by atoms with Gasteiger partial charge in [-0.2, -0.15) is 4.98 Å². The monoisotopic (exact) mass is 756 g/mol. The predicted molar refractivity (Wildman–Crippen MR) is 193 cm³/mol. The molecular formula is C37H40N8O8S. The van der Waals surface area contributed by atoms with E-state index in [1.165, 1.54) is 17.3 Å². The van der Waals surface area contributed by atoms with E-state index >= 15 is 0 Å². The minimum atomic E-state index is -3.90. The van der Waals surface area contributed by atoms with E-state index in [1.807, 2.05) is 36.4 Å². The van der Waals surface area contributed by atoms with Crippen LogP contribution in [0.5, 0.6) is 5.88 Å². The molecule has 17 heteroatoms. The van der Waals surface area contributed by atoms with E-state index in [0.29, 0.717) is 48.9 Å². The summed E-state index contributed by atoms with van der Waals surface area (Å²) in [6, 6.07) is 6.81. The van der Waals surface area contributed by atoms with Crippen LogP contribution in [0.1, 0.15) is 74.0 Å².